The van der Waals surface area contributed by atoms with E-state index < -0.39 is 0 Å². The topological polar surface area (TPSA) is 15.3 Å². The van der Waals surface area contributed by atoms with Crippen LogP contribution in [0.1, 0.15) is 44.7 Å². The van der Waals surface area contributed by atoms with Gasteiger partial charge in [0.15, 0.2) is 0 Å². The average Bonchev–Trinajstić information content (AvgIpc) is 2.39. The third kappa shape index (κ3) is 5.29. The minimum Gasteiger partial charge on any atom is -0.313 e. The summed E-state index contributed by atoms with van der Waals surface area (Å²) in [5.41, 5.74) is 1.03. The number of benzene rings is 1. The van der Waals surface area contributed by atoms with Crippen LogP contribution >= 0.6 is 0 Å². The zero-order chi connectivity index (χ0) is 14.3. The van der Waals surface area contributed by atoms with Crippen LogP contribution in [0.5, 0.6) is 0 Å². The minimum atomic E-state index is -0.162. The van der Waals surface area contributed by atoms with E-state index in [4.69, 9.17) is 0 Å². The van der Waals surface area contributed by atoms with E-state index in [1.807, 2.05) is 13.1 Å². The van der Waals surface area contributed by atoms with Crippen molar-refractivity contribution in [2.24, 2.45) is 0 Å². The molecular weight excluding hydrogens is 239 g/mol. The average molecular weight is 266 g/mol. The molecule has 0 radical (unpaired) electrons. The molecule has 0 bridgehead atoms. The van der Waals surface area contributed by atoms with Gasteiger partial charge in [-0.1, -0.05) is 25.5 Å². The molecule has 0 saturated carbocycles. The maximum absolute atomic E-state index is 13.3. The summed E-state index contributed by atoms with van der Waals surface area (Å²) < 4.78 is 13.3. The van der Waals surface area contributed by atoms with Crippen molar-refractivity contribution >= 4 is 0 Å². The van der Waals surface area contributed by atoms with Crippen molar-refractivity contribution in [1.29, 1.82) is 0 Å². The van der Waals surface area contributed by atoms with Crippen LogP contribution in [0.4, 0.5) is 4.39 Å². The molecule has 1 aromatic carbocycles. The van der Waals surface area contributed by atoms with Gasteiger partial charge >= 0.3 is 0 Å². The Hall–Kier alpha value is -0.930. The van der Waals surface area contributed by atoms with Crippen molar-refractivity contribution in [2.45, 2.75) is 45.2 Å². The van der Waals surface area contributed by atoms with Crippen LogP contribution in [0.2, 0.25) is 0 Å². The van der Waals surface area contributed by atoms with E-state index in [1.165, 1.54) is 18.9 Å². The maximum atomic E-state index is 13.3. The fourth-order valence-electron chi connectivity index (χ4n) is 2.39. The third-order valence-corrected chi connectivity index (χ3v) is 3.83. The first kappa shape index (κ1) is 16.1. The fourth-order valence-corrected chi connectivity index (χ4v) is 2.39. The van der Waals surface area contributed by atoms with Gasteiger partial charge in [-0.05, 0) is 58.1 Å². The molecule has 1 rings (SSSR count). The predicted molar refractivity (Wildman–Crippen MR) is 79.8 cm³/mol. The van der Waals surface area contributed by atoms with Gasteiger partial charge in [-0.15, -0.1) is 0 Å². The van der Waals surface area contributed by atoms with Gasteiger partial charge in [0.2, 0.25) is 0 Å². The summed E-state index contributed by atoms with van der Waals surface area (Å²) in [7, 11) is 4.10. The van der Waals surface area contributed by atoms with Crippen LogP contribution in [-0.2, 0) is 0 Å². The van der Waals surface area contributed by atoms with Gasteiger partial charge in [0.1, 0.15) is 5.82 Å². The molecule has 0 aliphatic carbocycles. The second-order valence-corrected chi connectivity index (χ2v) is 5.30. The lowest BCUT2D eigenvalue weighted by atomic mass is 10.0. The monoisotopic (exact) mass is 266 g/mol. The SMILES string of the molecule is CCCC(C)N(C)CCC(NC)c1cccc(F)c1. The van der Waals surface area contributed by atoms with Crippen molar-refractivity contribution in [3.8, 4) is 0 Å². The standard InChI is InChI=1S/C16H27FN2/c1-5-7-13(2)19(4)11-10-16(18-3)14-8-6-9-15(17)12-14/h6,8-9,12-13,16,18H,5,7,10-11H2,1-4H3. The molecule has 2 atom stereocenters. The zero-order valence-corrected chi connectivity index (χ0v) is 12.6. The molecule has 19 heavy (non-hydrogen) atoms. The maximum Gasteiger partial charge on any atom is 0.123 e. The Bertz CT molecular complexity index is 368. The Kier molecular flexibility index (Phi) is 7.03. The van der Waals surface area contributed by atoms with E-state index in [0.717, 1.165) is 18.5 Å². The molecule has 0 spiro atoms. The highest BCUT2D eigenvalue weighted by Crippen LogP contribution is 2.18. The second-order valence-electron chi connectivity index (χ2n) is 5.30. The Labute approximate surface area is 117 Å². The lowest BCUT2D eigenvalue weighted by Gasteiger charge is -2.26. The van der Waals surface area contributed by atoms with Crippen molar-refractivity contribution in [2.75, 3.05) is 20.6 Å². The summed E-state index contributed by atoms with van der Waals surface area (Å²) in [6.07, 6.45) is 3.43. The largest absolute Gasteiger partial charge is 0.313 e. The van der Waals surface area contributed by atoms with Gasteiger partial charge in [-0.2, -0.15) is 0 Å². The number of halogens is 1. The summed E-state index contributed by atoms with van der Waals surface area (Å²) in [6, 6.07) is 7.70. The first-order valence-corrected chi connectivity index (χ1v) is 7.21. The quantitative estimate of drug-likeness (QED) is 0.773. The van der Waals surface area contributed by atoms with Gasteiger partial charge in [-0.25, -0.2) is 4.39 Å². The summed E-state index contributed by atoms with van der Waals surface area (Å²) in [5, 5.41) is 3.28. The molecular formula is C16H27FN2. The van der Waals surface area contributed by atoms with E-state index in [-0.39, 0.29) is 11.9 Å². The van der Waals surface area contributed by atoms with Crippen LogP contribution in [0.3, 0.4) is 0 Å². The Balaban J connectivity index is 2.53. The number of nitrogens with one attached hydrogen (secondary N) is 1. The third-order valence-electron chi connectivity index (χ3n) is 3.83. The lowest BCUT2D eigenvalue weighted by Crippen LogP contribution is -2.32. The Morgan fingerprint density at radius 1 is 1.32 bits per heavy atom. The van der Waals surface area contributed by atoms with Gasteiger partial charge in [0.05, 0.1) is 0 Å². The Morgan fingerprint density at radius 3 is 2.63 bits per heavy atom. The van der Waals surface area contributed by atoms with Gasteiger partial charge in [0, 0.05) is 12.1 Å². The minimum absolute atomic E-state index is 0.162. The first-order chi connectivity index (χ1) is 9.08. The molecule has 0 aromatic heterocycles. The van der Waals surface area contributed by atoms with Crippen molar-refractivity contribution in [3.05, 3.63) is 35.6 Å². The summed E-state index contributed by atoms with van der Waals surface area (Å²) in [6.45, 7) is 5.50. The number of nitrogens with zero attached hydrogens (tertiary/aromatic N) is 1. The molecule has 1 N–H and O–H groups in total. The number of hydrogen-bond acceptors (Lipinski definition) is 2. The molecule has 1 aromatic rings. The van der Waals surface area contributed by atoms with E-state index >= 15 is 0 Å². The normalized spacial score (nSPS) is 14.6. The van der Waals surface area contributed by atoms with Crippen molar-refractivity contribution in [3.63, 3.8) is 0 Å². The van der Waals surface area contributed by atoms with Crippen LogP contribution in [-0.4, -0.2) is 31.6 Å². The molecule has 3 heteroatoms. The second kappa shape index (κ2) is 8.28. The highest BCUT2D eigenvalue weighted by atomic mass is 19.1. The molecule has 0 aliphatic rings. The predicted octanol–water partition coefficient (Wildman–Crippen LogP) is 3.60. The molecule has 2 nitrogen and oxygen atoms in total. The number of rotatable bonds is 8. The highest BCUT2D eigenvalue weighted by Gasteiger charge is 2.13. The molecule has 2 unspecified atom stereocenters. The molecule has 108 valence electrons. The molecule has 0 amide bonds. The van der Waals surface area contributed by atoms with E-state index in [1.54, 1.807) is 12.1 Å². The van der Waals surface area contributed by atoms with Gasteiger partial charge in [-0.3, -0.25) is 0 Å². The van der Waals surface area contributed by atoms with Gasteiger partial charge in [0.25, 0.3) is 0 Å². The summed E-state index contributed by atoms with van der Waals surface area (Å²) >= 11 is 0. The molecule has 0 fully saturated rings. The van der Waals surface area contributed by atoms with Crippen LogP contribution in [0.25, 0.3) is 0 Å². The molecule has 0 saturated heterocycles. The van der Waals surface area contributed by atoms with Crippen molar-refractivity contribution in [1.82, 2.24) is 10.2 Å². The highest BCUT2D eigenvalue weighted by molar-refractivity contribution is 5.20. The van der Waals surface area contributed by atoms with Crippen LogP contribution < -0.4 is 5.32 Å². The first-order valence-electron chi connectivity index (χ1n) is 7.21. The van der Waals surface area contributed by atoms with E-state index in [2.05, 4.69) is 31.1 Å². The van der Waals surface area contributed by atoms with Crippen LogP contribution in [0, 0.1) is 5.82 Å². The Morgan fingerprint density at radius 2 is 2.05 bits per heavy atom. The number of hydrogen-bond donors (Lipinski definition) is 1. The van der Waals surface area contributed by atoms with Gasteiger partial charge < -0.3 is 10.2 Å². The fraction of sp³-hybridized carbons (Fsp3) is 0.625. The van der Waals surface area contributed by atoms with Crippen LogP contribution in [0.15, 0.2) is 24.3 Å². The summed E-state index contributed by atoms with van der Waals surface area (Å²) in [5.74, 6) is -0.162. The lowest BCUT2D eigenvalue weighted by molar-refractivity contribution is 0.232. The van der Waals surface area contributed by atoms with Crippen molar-refractivity contribution < 1.29 is 4.39 Å². The summed E-state index contributed by atoms with van der Waals surface area (Å²) in [4.78, 5) is 2.38. The molecule has 0 heterocycles. The van der Waals surface area contributed by atoms with E-state index in [9.17, 15) is 4.39 Å². The molecule has 0 aliphatic heterocycles. The smallest absolute Gasteiger partial charge is 0.123 e. The zero-order valence-electron chi connectivity index (χ0n) is 12.6. The van der Waals surface area contributed by atoms with E-state index in [0.29, 0.717) is 6.04 Å².